The molecule has 19 heavy (non-hydrogen) atoms. The van der Waals surface area contributed by atoms with Crippen LogP contribution in [-0.2, 0) is 9.22 Å². The standard InChI is InChI=1S/C16H34O2Si/c1-5-7-8-9-10-11-12-13-14-15-16(17)18-19(3,4)6-2/h5-15H2,1-4H3. The van der Waals surface area contributed by atoms with Gasteiger partial charge >= 0.3 is 0 Å². The van der Waals surface area contributed by atoms with Crippen LogP contribution < -0.4 is 0 Å². The van der Waals surface area contributed by atoms with Crippen molar-refractivity contribution in [1.29, 1.82) is 0 Å². The lowest BCUT2D eigenvalue weighted by atomic mass is 10.1. The van der Waals surface area contributed by atoms with E-state index in [9.17, 15) is 4.79 Å². The van der Waals surface area contributed by atoms with Crippen molar-refractivity contribution in [1.82, 2.24) is 0 Å². The summed E-state index contributed by atoms with van der Waals surface area (Å²) in [6.07, 6.45) is 12.2. The summed E-state index contributed by atoms with van der Waals surface area (Å²) in [7, 11) is -1.68. The molecule has 0 saturated heterocycles. The summed E-state index contributed by atoms with van der Waals surface area (Å²) in [6.45, 7) is 8.59. The highest BCUT2D eigenvalue weighted by atomic mass is 28.4. The second-order valence-corrected chi connectivity index (χ2v) is 10.6. The predicted molar refractivity (Wildman–Crippen MR) is 85.9 cm³/mol. The smallest absolute Gasteiger partial charge is 0.292 e. The molecule has 0 aromatic heterocycles. The highest BCUT2D eigenvalue weighted by molar-refractivity contribution is 6.72. The van der Waals surface area contributed by atoms with E-state index in [0.717, 1.165) is 12.5 Å². The largest absolute Gasteiger partial charge is 0.520 e. The van der Waals surface area contributed by atoms with Crippen molar-refractivity contribution < 1.29 is 9.22 Å². The van der Waals surface area contributed by atoms with Gasteiger partial charge in [-0.25, -0.2) is 0 Å². The van der Waals surface area contributed by atoms with Gasteiger partial charge in [0.1, 0.15) is 0 Å². The van der Waals surface area contributed by atoms with Gasteiger partial charge in [-0.3, -0.25) is 4.79 Å². The van der Waals surface area contributed by atoms with E-state index in [4.69, 9.17) is 4.43 Å². The molecule has 0 amide bonds. The molecule has 0 heterocycles. The fourth-order valence-electron chi connectivity index (χ4n) is 2.01. The molecule has 3 heteroatoms. The van der Waals surface area contributed by atoms with E-state index >= 15 is 0 Å². The van der Waals surface area contributed by atoms with Gasteiger partial charge in [-0.05, 0) is 25.6 Å². The van der Waals surface area contributed by atoms with E-state index < -0.39 is 8.32 Å². The van der Waals surface area contributed by atoms with Crippen molar-refractivity contribution in [3.05, 3.63) is 0 Å². The lowest BCUT2D eigenvalue weighted by Crippen LogP contribution is -2.32. The molecule has 0 saturated carbocycles. The maximum atomic E-state index is 11.6. The molecular formula is C16H34O2Si. The molecule has 0 aliphatic heterocycles. The molecule has 0 fully saturated rings. The third-order valence-electron chi connectivity index (χ3n) is 3.73. The van der Waals surface area contributed by atoms with Gasteiger partial charge in [-0.15, -0.1) is 0 Å². The molecule has 0 N–H and O–H groups in total. The van der Waals surface area contributed by atoms with E-state index in [1.807, 2.05) is 0 Å². The second kappa shape index (κ2) is 11.5. The predicted octanol–water partition coefficient (Wildman–Crippen LogP) is 5.68. The fraction of sp³-hybridized carbons (Fsp3) is 0.938. The fourth-order valence-corrected chi connectivity index (χ4v) is 2.87. The first-order chi connectivity index (χ1) is 9.02. The maximum absolute atomic E-state index is 11.6. The molecule has 0 aromatic rings. The van der Waals surface area contributed by atoms with Crippen molar-refractivity contribution in [2.45, 2.75) is 97.2 Å². The minimum absolute atomic E-state index is 0.0291. The zero-order chi connectivity index (χ0) is 14.6. The number of carbonyl (C=O) groups excluding carboxylic acids is 1. The van der Waals surface area contributed by atoms with Crippen molar-refractivity contribution in [2.75, 3.05) is 0 Å². The lowest BCUT2D eigenvalue weighted by molar-refractivity contribution is -0.135. The topological polar surface area (TPSA) is 26.3 Å². The van der Waals surface area contributed by atoms with Crippen LogP contribution in [0.4, 0.5) is 0 Å². The van der Waals surface area contributed by atoms with Crippen LogP contribution in [0.15, 0.2) is 0 Å². The molecule has 114 valence electrons. The molecule has 0 rings (SSSR count). The van der Waals surface area contributed by atoms with E-state index in [2.05, 4.69) is 26.9 Å². The first-order valence-corrected chi connectivity index (χ1v) is 11.3. The zero-order valence-corrected chi connectivity index (χ0v) is 14.6. The Kier molecular flexibility index (Phi) is 11.3. The van der Waals surface area contributed by atoms with E-state index in [1.165, 1.54) is 51.4 Å². The molecule has 0 aromatic carbocycles. The second-order valence-electron chi connectivity index (χ2n) is 6.17. The van der Waals surface area contributed by atoms with Gasteiger partial charge in [-0.1, -0.05) is 65.2 Å². The Bertz CT molecular complexity index is 227. The molecule has 0 atom stereocenters. The van der Waals surface area contributed by atoms with Gasteiger partial charge in [0.15, 0.2) is 0 Å². The lowest BCUT2D eigenvalue weighted by Gasteiger charge is -2.20. The Hall–Kier alpha value is -0.313. The molecule has 0 radical (unpaired) electrons. The third-order valence-corrected chi connectivity index (χ3v) is 6.21. The van der Waals surface area contributed by atoms with Crippen LogP contribution in [0.3, 0.4) is 0 Å². The molecule has 0 aliphatic carbocycles. The minimum Gasteiger partial charge on any atom is -0.520 e. The van der Waals surface area contributed by atoms with Gasteiger partial charge in [0, 0.05) is 6.42 Å². The number of hydrogen-bond donors (Lipinski definition) is 0. The first kappa shape index (κ1) is 18.7. The number of unbranched alkanes of at least 4 members (excludes halogenated alkanes) is 8. The quantitative estimate of drug-likeness (QED) is 0.341. The zero-order valence-electron chi connectivity index (χ0n) is 13.6. The SMILES string of the molecule is CCCCCCCCCCCC(=O)O[Si](C)(C)CC. The van der Waals surface area contributed by atoms with Crippen LogP contribution >= 0.6 is 0 Å². The van der Waals surface area contributed by atoms with Crippen LogP contribution in [0, 0.1) is 0 Å². The Morgan fingerprint density at radius 1 is 0.842 bits per heavy atom. The Morgan fingerprint density at radius 2 is 1.32 bits per heavy atom. The van der Waals surface area contributed by atoms with Gasteiger partial charge in [0.2, 0.25) is 8.32 Å². The van der Waals surface area contributed by atoms with Crippen LogP contribution in [-0.4, -0.2) is 14.3 Å². The highest BCUT2D eigenvalue weighted by Crippen LogP contribution is 2.14. The van der Waals surface area contributed by atoms with Crippen LogP contribution in [0.2, 0.25) is 19.1 Å². The van der Waals surface area contributed by atoms with Crippen molar-refractivity contribution in [2.24, 2.45) is 0 Å². The summed E-state index contributed by atoms with van der Waals surface area (Å²) in [5.41, 5.74) is 0. The van der Waals surface area contributed by atoms with Crippen LogP contribution in [0.5, 0.6) is 0 Å². The molecule has 0 spiro atoms. The van der Waals surface area contributed by atoms with Crippen molar-refractivity contribution in [3.63, 3.8) is 0 Å². The Balaban J connectivity index is 3.32. The number of hydrogen-bond acceptors (Lipinski definition) is 2. The summed E-state index contributed by atoms with van der Waals surface area (Å²) < 4.78 is 5.56. The van der Waals surface area contributed by atoms with Gasteiger partial charge in [0.05, 0.1) is 0 Å². The molecule has 0 bridgehead atoms. The Labute approximate surface area is 121 Å². The molecule has 0 aliphatic rings. The maximum Gasteiger partial charge on any atom is 0.292 e. The van der Waals surface area contributed by atoms with Gasteiger partial charge in [-0.2, -0.15) is 0 Å². The number of carbonyl (C=O) groups is 1. The molecule has 2 nitrogen and oxygen atoms in total. The Morgan fingerprint density at radius 3 is 1.79 bits per heavy atom. The van der Waals surface area contributed by atoms with Crippen LogP contribution in [0.25, 0.3) is 0 Å². The number of rotatable bonds is 12. The third kappa shape index (κ3) is 12.5. The summed E-state index contributed by atoms with van der Waals surface area (Å²) in [4.78, 5) is 11.6. The van der Waals surface area contributed by atoms with E-state index in [1.54, 1.807) is 0 Å². The summed E-state index contributed by atoms with van der Waals surface area (Å²) >= 11 is 0. The van der Waals surface area contributed by atoms with Gasteiger partial charge in [0.25, 0.3) is 5.97 Å². The molecule has 0 unspecified atom stereocenters. The van der Waals surface area contributed by atoms with E-state index in [0.29, 0.717) is 6.42 Å². The minimum atomic E-state index is -1.68. The average Bonchev–Trinajstić information content (AvgIpc) is 2.36. The first-order valence-electron chi connectivity index (χ1n) is 8.23. The average molecular weight is 287 g/mol. The van der Waals surface area contributed by atoms with E-state index in [-0.39, 0.29) is 5.97 Å². The highest BCUT2D eigenvalue weighted by Gasteiger charge is 2.23. The normalized spacial score (nSPS) is 11.6. The van der Waals surface area contributed by atoms with Crippen LogP contribution in [0.1, 0.15) is 78.1 Å². The summed E-state index contributed by atoms with van der Waals surface area (Å²) in [6, 6.07) is 1.01. The van der Waals surface area contributed by atoms with Crippen molar-refractivity contribution >= 4 is 14.3 Å². The van der Waals surface area contributed by atoms with Gasteiger partial charge < -0.3 is 4.43 Å². The summed E-state index contributed by atoms with van der Waals surface area (Å²) in [5, 5.41) is 0. The van der Waals surface area contributed by atoms with Crippen molar-refractivity contribution in [3.8, 4) is 0 Å². The summed E-state index contributed by atoms with van der Waals surface area (Å²) in [5.74, 6) is 0.0291. The monoisotopic (exact) mass is 286 g/mol. The molecular weight excluding hydrogens is 252 g/mol.